The summed E-state index contributed by atoms with van der Waals surface area (Å²) in [6.07, 6.45) is 0.408. The van der Waals surface area contributed by atoms with Crippen molar-refractivity contribution in [3.63, 3.8) is 0 Å². The summed E-state index contributed by atoms with van der Waals surface area (Å²) in [4.78, 5) is 12.1. The van der Waals surface area contributed by atoms with E-state index in [1.54, 1.807) is 12.1 Å². The van der Waals surface area contributed by atoms with Crippen molar-refractivity contribution >= 4 is 29.1 Å². The second-order valence-corrected chi connectivity index (χ2v) is 5.93. The van der Waals surface area contributed by atoms with Gasteiger partial charge in [0.25, 0.3) is 0 Å². The Balaban J connectivity index is 1.62. The van der Waals surface area contributed by atoms with Gasteiger partial charge in [0.2, 0.25) is 5.89 Å². The van der Waals surface area contributed by atoms with E-state index in [1.807, 2.05) is 36.4 Å². The molecule has 3 aromatic rings. The number of amides is 1. The maximum absolute atomic E-state index is 12.1. The van der Waals surface area contributed by atoms with Crippen molar-refractivity contribution in [2.24, 2.45) is 0 Å². The van der Waals surface area contributed by atoms with Gasteiger partial charge in [0, 0.05) is 16.6 Å². The molecule has 7 heteroatoms. The minimum Gasteiger partial charge on any atom is -0.417 e. The molecule has 1 N–H and O–H groups in total. The van der Waals surface area contributed by atoms with Gasteiger partial charge in [-0.2, -0.15) is 0 Å². The van der Waals surface area contributed by atoms with Crippen molar-refractivity contribution in [1.29, 1.82) is 0 Å². The molecule has 0 unspecified atom stereocenters. The molecule has 0 spiro atoms. The number of rotatable bonds is 5. The van der Waals surface area contributed by atoms with Crippen molar-refractivity contribution in [1.82, 2.24) is 15.5 Å². The molecule has 1 heterocycles. The van der Waals surface area contributed by atoms with Gasteiger partial charge >= 0.3 is 11.8 Å². The van der Waals surface area contributed by atoms with E-state index in [0.717, 1.165) is 11.1 Å². The van der Waals surface area contributed by atoms with Crippen LogP contribution in [0.25, 0.3) is 0 Å². The molecule has 0 aliphatic heterocycles. The Labute approximate surface area is 148 Å². The number of benzene rings is 2. The van der Waals surface area contributed by atoms with Crippen LogP contribution in [0.15, 0.2) is 52.9 Å². The number of nitrogens with one attached hydrogen (secondary N) is 1. The highest BCUT2D eigenvalue weighted by Gasteiger charge is 2.15. The Hall–Kier alpha value is -2.37. The number of hydrogen-bond acceptors (Lipinski definition) is 4. The van der Waals surface area contributed by atoms with Crippen LogP contribution >= 0.6 is 23.2 Å². The third-order valence-electron chi connectivity index (χ3n) is 3.30. The molecule has 0 aliphatic carbocycles. The average molecular weight is 362 g/mol. The van der Waals surface area contributed by atoms with Gasteiger partial charge in [-0.25, -0.2) is 0 Å². The highest BCUT2D eigenvalue weighted by Crippen LogP contribution is 2.16. The van der Waals surface area contributed by atoms with Crippen LogP contribution in [0.2, 0.25) is 10.0 Å². The molecule has 0 radical (unpaired) electrons. The first kappa shape index (κ1) is 16.5. The summed E-state index contributed by atoms with van der Waals surface area (Å²) in [5, 5.41) is 11.6. The van der Waals surface area contributed by atoms with Gasteiger partial charge in [-0.1, -0.05) is 53.5 Å². The van der Waals surface area contributed by atoms with Crippen LogP contribution in [0.1, 0.15) is 27.7 Å². The van der Waals surface area contributed by atoms with Crippen molar-refractivity contribution in [3.8, 4) is 0 Å². The minimum absolute atomic E-state index is 0.0842. The molecule has 1 aromatic heterocycles. The summed E-state index contributed by atoms with van der Waals surface area (Å²) < 4.78 is 5.40. The maximum Gasteiger partial charge on any atom is 0.309 e. The first-order valence-corrected chi connectivity index (χ1v) is 7.96. The molecule has 0 aliphatic rings. The van der Waals surface area contributed by atoms with Gasteiger partial charge in [0.05, 0.1) is 6.42 Å². The molecule has 0 fully saturated rings. The summed E-state index contributed by atoms with van der Waals surface area (Å²) in [7, 11) is 0. The summed E-state index contributed by atoms with van der Waals surface area (Å²) >= 11 is 12.0. The van der Waals surface area contributed by atoms with Gasteiger partial charge in [0.1, 0.15) is 0 Å². The van der Waals surface area contributed by atoms with Gasteiger partial charge < -0.3 is 9.73 Å². The Morgan fingerprint density at radius 3 is 2.71 bits per heavy atom. The summed E-state index contributed by atoms with van der Waals surface area (Å²) in [6, 6.07) is 14.6. The molecule has 0 bridgehead atoms. The predicted molar refractivity (Wildman–Crippen MR) is 91.2 cm³/mol. The molecule has 0 saturated carbocycles. The standard InChI is InChI=1S/C17H13Cl2N3O2/c18-13-6-3-4-11(8-13)9-15-21-22-17(24-15)16(23)20-10-12-5-1-2-7-14(12)19/h1-8H,9-10H2,(H,20,23). The van der Waals surface area contributed by atoms with Crippen LogP contribution in [-0.2, 0) is 13.0 Å². The normalized spacial score (nSPS) is 10.6. The fourth-order valence-corrected chi connectivity index (χ4v) is 2.55. The average Bonchev–Trinajstić information content (AvgIpc) is 3.02. The lowest BCUT2D eigenvalue weighted by Gasteiger charge is -2.04. The lowest BCUT2D eigenvalue weighted by Crippen LogP contribution is -2.23. The molecule has 24 heavy (non-hydrogen) atoms. The van der Waals surface area contributed by atoms with Crippen LogP contribution in [0.3, 0.4) is 0 Å². The van der Waals surface area contributed by atoms with E-state index in [-0.39, 0.29) is 12.4 Å². The molecule has 3 rings (SSSR count). The zero-order chi connectivity index (χ0) is 16.9. The second kappa shape index (κ2) is 7.47. The largest absolute Gasteiger partial charge is 0.417 e. The highest BCUT2D eigenvalue weighted by atomic mass is 35.5. The predicted octanol–water partition coefficient (Wildman–Crippen LogP) is 3.90. The van der Waals surface area contributed by atoms with Crippen LogP contribution in [0, 0.1) is 0 Å². The highest BCUT2D eigenvalue weighted by molar-refractivity contribution is 6.31. The van der Waals surface area contributed by atoms with Crippen molar-refractivity contribution in [3.05, 3.63) is 81.5 Å². The third-order valence-corrected chi connectivity index (χ3v) is 3.91. The quantitative estimate of drug-likeness (QED) is 0.748. The second-order valence-electron chi connectivity index (χ2n) is 5.08. The Morgan fingerprint density at radius 2 is 1.92 bits per heavy atom. The lowest BCUT2D eigenvalue weighted by molar-refractivity contribution is 0.0914. The molecular weight excluding hydrogens is 349 g/mol. The van der Waals surface area contributed by atoms with Gasteiger partial charge in [0.15, 0.2) is 0 Å². The van der Waals surface area contributed by atoms with Gasteiger partial charge in [-0.05, 0) is 29.3 Å². The van der Waals surface area contributed by atoms with Crippen LogP contribution in [0.4, 0.5) is 0 Å². The first-order valence-electron chi connectivity index (χ1n) is 7.20. The number of aromatic nitrogens is 2. The van der Waals surface area contributed by atoms with Crippen molar-refractivity contribution in [2.45, 2.75) is 13.0 Å². The van der Waals surface area contributed by atoms with E-state index in [1.165, 1.54) is 0 Å². The Bertz CT molecular complexity index is 864. The molecule has 122 valence electrons. The molecule has 1 amide bonds. The van der Waals surface area contributed by atoms with E-state index in [0.29, 0.717) is 22.4 Å². The molecular formula is C17H13Cl2N3O2. The monoisotopic (exact) mass is 361 g/mol. The molecule has 0 saturated heterocycles. The molecule has 5 nitrogen and oxygen atoms in total. The smallest absolute Gasteiger partial charge is 0.309 e. The van der Waals surface area contributed by atoms with Crippen LogP contribution in [-0.4, -0.2) is 16.1 Å². The fourth-order valence-electron chi connectivity index (χ4n) is 2.13. The van der Waals surface area contributed by atoms with Crippen molar-refractivity contribution < 1.29 is 9.21 Å². The summed E-state index contributed by atoms with van der Waals surface area (Å²) in [5.74, 6) is -0.181. The number of hydrogen-bond donors (Lipinski definition) is 1. The fraction of sp³-hybridized carbons (Fsp3) is 0.118. The number of carbonyl (C=O) groups is 1. The van der Waals surface area contributed by atoms with Gasteiger partial charge in [-0.3, -0.25) is 4.79 Å². The van der Waals surface area contributed by atoms with Gasteiger partial charge in [-0.15, -0.1) is 10.2 Å². The first-order chi connectivity index (χ1) is 11.6. The maximum atomic E-state index is 12.1. The lowest BCUT2D eigenvalue weighted by atomic mass is 10.1. The number of nitrogens with zero attached hydrogens (tertiary/aromatic N) is 2. The Kier molecular flexibility index (Phi) is 5.13. The molecule has 2 aromatic carbocycles. The SMILES string of the molecule is O=C(NCc1ccccc1Cl)c1nnc(Cc2cccc(Cl)c2)o1. The third kappa shape index (κ3) is 4.13. The molecule has 0 atom stereocenters. The van der Waals surface area contributed by atoms with Crippen LogP contribution < -0.4 is 5.32 Å². The summed E-state index contributed by atoms with van der Waals surface area (Å²) in [6.45, 7) is 0.282. The zero-order valence-corrected chi connectivity index (χ0v) is 14.0. The topological polar surface area (TPSA) is 68.0 Å². The van der Waals surface area contributed by atoms with E-state index in [9.17, 15) is 4.79 Å². The Morgan fingerprint density at radius 1 is 1.08 bits per heavy atom. The number of halogens is 2. The van der Waals surface area contributed by atoms with Crippen LogP contribution in [0.5, 0.6) is 0 Å². The van der Waals surface area contributed by atoms with E-state index >= 15 is 0 Å². The zero-order valence-electron chi connectivity index (χ0n) is 12.5. The minimum atomic E-state index is -0.445. The van der Waals surface area contributed by atoms with E-state index < -0.39 is 5.91 Å². The number of carbonyl (C=O) groups excluding carboxylic acids is 1. The van der Waals surface area contributed by atoms with Crippen molar-refractivity contribution in [2.75, 3.05) is 0 Å². The summed E-state index contributed by atoms with van der Waals surface area (Å²) in [5.41, 5.74) is 1.74. The van der Waals surface area contributed by atoms with E-state index in [4.69, 9.17) is 27.6 Å². The van der Waals surface area contributed by atoms with E-state index in [2.05, 4.69) is 15.5 Å².